The van der Waals surface area contributed by atoms with Gasteiger partial charge in [0.2, 0.25) is 0 Å². The summed E-state index contributed by atoms with van der Waals surface area (Å²) in [5, 5.41) is 0. The Balaban J connectivity index is 2.86. The molecule has 0 spiro atoms. The van der Waals surface area contributed by atoms with Crippen molar-refractivity contribution in [3.8, 4) is 5.75 Å². The molecule has 16 heavy (non-hydrogen) atoms. The lowest BCUT2D eigenvalue weighted by molar-refractivity contribution is 0.408. The average molecular weight is 218 g/mol. The summed E-state index contributed by atoms with van der Waals surface area (Å²) in [6.45, 7) is 8.38. The number of fused-ring (bicyclic) bond motifs is 1. The van der Waals surface area contributed by atoms with Crippen LogP contribution in [0.15, 0.2) is 6.07 Å². The summed E-state index contributed by atoms with van der Waals surface area (Å²) < 4.78 is 5.45. The van der Waals surface area contributed by atoms with Gasteiger partial charge >= 0.3 is 0 Å². The molecule has 0 amide bonds. The molecule has 0 atom stereocenters. The second-order valence-electron chi connectivity index (χ2n) is 4.51. The predicted molar refractivity (Wildman–Crippen MR) is 66.2 cm³/mol. The molecule has 2 rings (SSSR count). The number of benzene rings is 1. The van der Waals surface area contributed by atoms with Gasteiger partial charge in [-0.05, 0) is 31.4 Å². The molecule has 1 heterocycles. The maximum Gasteiger partial charge on any atom is 0.124 e. The van der Waals surface area contributed by atoms with E-state index in [1.165, 1.54) is 11.1 Å². The van der Waals surface area contributed by atoms with E-state index in [1.54, 1.807) is 7.11 Å². The van der Waals surface area contributed by atoms with E-state index in [0.29, 0.717) is 5.92 Å². The summed E-state index contributed by atoms with van der Waals surface area (Å²) in [6, 6.07) is 2.08. The number of ether oxygens (including phenoxy) is 1. The normalized spacial score (nSPS) is 11.4. The van der Waals surface area contributed by atoms with Crippen molar-refractivity contribution in [3.63, 3.8) is 0 Å². The van der Waals surface area contributed by atoms with Crippen LogP contribution in [0.2, 0.25) is 0 Å². The number of imidazole rings is 1. The highest BCUT2D eigenvalue weighted by Gasteiger charge is 2.16. The van der Waals surface area contributed by atoms with Crippen molar-refractivity contribution in [2.75, 3.05) is 7.11 Å². The molecule has 0 saturated heterocycles. The number of aryl methyl sites for hydroxylation is 2. The van der Waals surface area contributed by atoms with Gasteiger partial charge < -0.3 is 9.72 Å². The molecule has 86 valence electrons. The Bertz CT molecular complexity index is 526. The van der Waals surface area contributed by atoms with E-state index in [1.807, 2.05) is 6.92 Å². The molecule has 0 fully saturated rings. The van der Waals surface area contributed by atoms with Crippen LogP contribution in [0, 0.1) is 13.8 Å². The Morgan fingerprint density at radius 2 is 2.00 bits per heavy atom. The maximum absolute atomic E-state index is 5.45. The van der Waals surface area contributed by atoms with Gasteiger partial charge in [-0.25, -0.2) is 4.98 Å². The number of nitrogens with one attached hydrogen (secondary N) is 1. The van der Waals surface area contributed by atoms with Crippen LogP contribution in [0.4, 0.5) is 0 Å². The third kappa shape index (κ3) is 1.56. The molecule has 0 aliphatic rings. The molecule has 3 nitrogen and oxygen atoms in total. The second-order valence-corrected chi connectivity index (χ2v) is 4.51. The Kier molecular flexibility index (Phi) is 2.62. The van der Waals surface area contributed by atoms with E-state index >= 15 is 0 Å². The zero-order valence-corrected chi connectivity index (χ0v) is 10.5. The van der Waals surface area contributed by atoms with Crippen LogP contribution in [0.1, 0.15) is 36.7 Å². The van der Waals surface area contributed by atoms with Gasteiger partial charge in [-0.3, -0.25) is 0 Å². The third-order valence-electron chi connectivity index (χ3n) is 2.88. The molecule has 0 aliphatic carbocycles. The van der Waals surface area contributed by atoms with E-state index in [-0.39, 0.29) is 0 Å². The van der Waals surface area contributed by atoms with Crippen LogP contribution in [-0.4, -0.2) is 17.1 Å². The van der Waals surface area contributed by atoms with E-state index in [9.17, 15) is 0 Å². The summed E-state index contributed by atoms with van der Waals surface area (Å²) in [5.41, 5.74) is 4.54. The van der Waals surface area contributed by atoms with Gasteiger partial charge in [0.25, 0.3) is 0 Å². The van der Waals surface area contributed by atoms with Crippen LogP contribution >= 0.6 is 0 Å². The zero-order valence-electron chi connectivity index (χ0n) is 10.5. The topological polar surface area (TPSA) is 37.9 Å². The molecule has 1 N–H and O–H groups in total. The van der Waals surface area contributed by atoms with Crippen molar-refractivity contribution in [3.05, 3.63) is 23.0 Å². The van der Waals surface area contributed by atoms with Gasteiger partial charge in [0.1, 0.15) is 11.6 Å². The Labute approximate surface area is 95.8 Å². The number of rotatable bonds is 2. The number of nitrogens with zero attached hydrogens (tertiary/aromatic N) is 1. The van der Waals surface area contributed by atoms with Gasteiger partial charge in [-0.1, -0.05) is 13.8 Å². The molecule has 1 aromatic carbocycles. The number of aromatic amines is 1. The minimum absolute atomic E-state index is 0.403. The molecule has 3 heteroatoms. The first-order valence-electron chi connectivity index (χ1n) is 5.58. The van der Waals surface area contributed by atoms with Crippen LogP contribution in [0.3, 0.4) is 0 Å². The quantitative estimate of drug-likeness (QED) is 0.839. The summed E-state index contributed by atoms with van der Waals surface area (Å²) in [5.74, 6) is 2.29. The maximum atomic E-state index is 5.45. The zero-order chi connectivity index (χ0) is 11.9. The molecule has 0 radical (unpaired) electrons. The van der Waals surface area contributed by atoms with Crippen molar-refractivity contribution >= 4 is 11.0 Å². The Hall–Kier alpha value is -1.51. The largest absolute Gasteiger partial charge is 0.496 e. The highest BCUT2D eigenvalue weighted by atomic mass is 16.5. The van der Waals surface area contributed by atoms with Gasteiger partial charge in [-0.2, -0.15) is 0 Å². The number of hydrogen-bond donors (Lipinski definition) is 1. The average Bonchev–Trinajstić information content (AvgIpc) is 2.58. The van der Waals surface area contributed by atoms with Gasteiger partial charge in [0, 0.05) is 5.56 Å². The summed E-state index contributed by atoms with van der Waals surface area (Å²) in [7, 11) is 1.71. The standard InChI is InChI=1S/C13H18N2O/c1-7(2)11-10(16-5)6-8(3)12-13(11)15-9(4)14-12/h6-7H,1-5H3,(H,14,15). The van der Waals surface area contributed by atoms with Gasteiger partial charge in [0.15, 0.2) is 0 Å². The first-order valence-corrected chi connectivity index (χ1v) is 5.58. The van der Waals surface area contributed by atoms with Crippen molar-refractivity contribution in [1.82, 2.24) is 9.97 Å². The molecule has 0 saturated carbocycles. The molecular formula is C13H18N2O. The van der Waals surface area contributed by atoms with E-state index in [4.69, 9.17) is 4.74 Å². The first kappa shape index (κ1) is 11.0. The fourth-order valence-corrected chi connectivity index (χ4v) is 2.16. The lowest BCUT2D eigenvalue weighted by Gasteiger charge is -2.13. The minimum Gasteiger partial charge on any atom is -0.496 e. The number of methoxy groups -OCH3 is 1. The molecule has 0 bridgehead atoms. The summed E-state index contributed by atoms with van der Waals surface area (Å²) >= 11 is 0. The molecule has 0 unspecified atom stereocenters. The Morgan fingerprint density at radius 1 is 1.31 bits per heavy atom. The van der Waals surface area contributed by atoms with Gasteiger partial charge in [-0.15, -0.1) is 0 Å². The van der Waals surface area contributed by atoms with Crippen LogP contribution in [-0.2, 0) is 0 Å². The highest BCUT2D eigenvalue weighted by Crippen LogP contribution is 2.34. The van der Waals surface area contributed by atoms with Crippen LogP contribution in [0.25, 0.3) is 11.0 Å². The summed E-state index contributed by atoms with van der Waals surface area (Å²) in [4.78, 5) is 7.87. The lowest BCUT2D eigenvalue weighted by atomic mass is 9.98. The van der Waals surface area contributed by atoms with E-state index in [0.717, 1.165) is 22.6 Å². The monoisotopic (exact) mass is 218 g/mol. The SMILES string of the molecule is COc1cc(C)c2[nH]c(C)nc2c1C(C)C. The Morgan fingerprint density at radius 3 is 2.56 bits per heavy atom. The smallest absolute Gasteiger partial charge is 0.124 e. The van der Waals surface area contributed by atoms with E-state index < -0.39 is 0 Å². The molecule has 2 aromatic rings. The van der Waals surface area contributed by atoms with Crippen molar-refractivity contribution in [1.29, 1.82) is 0 Å². The minimum atomic E-state index is 0.403. The van der Waals surface area contributed by atoms with Gasteiger partial charge in [0.05, 0.1) is 18.1 Å². The summed E-state index contributed by atoms with van der Waals surface area (Å²) in [6.07, 6.45) is 0. The molecular weight excluding hydrogens is 200 g/mol. The van der Waals surface area contributed by atoms with Crippen LogP contribution in [0.5, 0.6) is 5.75 Å². The van der Waals surface area contributed by atoms with Crippen molar-refractivity contribution < 1.29 is 4.74 Å². The number of aromatic nitrogens is 2. The third-order valence-corrected chi connectivity index (χ3v) is 2.88. The number of H-pyrrole nitrogens is 1. The fraction of sp³-hybridized carbons (Fsp3) is 0.462. The van der Waals surface area contributed by atoms with Crippen LogP contribution < -0.4 is 4.74 Å². The van der Waals surface area contributed by atoms with Crippen molar-refractivity contribution in [2.24, 2.45) is 0 Å². The lowest BCUT2D eigenvalue weighted by Crippen LogP contribution is -1.97. The van der Waals surface area contributed by atoms with Crippen molar-refractivity contribution in [2.45, 2.75) is 33.6 Å². The fourth-order valence-electron chi connectivity index (χ4n) is 2.16. The highest BCUT2D eigenvalue weighted by molar-refractivity contribution is 5.85. The molecule has 0 aliphatic heterocycles. The molecule has 1 aromatic heterocycles. The predicted octanol–water partition coefficient (Wildman–Crippen LogP) is 3.31. The van der Waals surface area contributed by atoms with E-state index in [2.05, 4.69) is 36.8 Å². The number of hydrogen-bond acceptors (Lipinski definition) is 2. The second kappa shape index (κ2) is 3.81. The first-order chi connectivity index (χ1) is 7.54.